The van der Waals surface area contributed by atoms with Gasteiger partial charge in [0.25, 0.3) is 0 Å². The Morgan fingerprint density at radius 1 is 0.892 bits per heavy atom. The number of nitrogens with zero attached hydrogens (tertiary/aromatic N) is 5. The Labute approximate surface area is 228 Å². The maximum atomic E-state index is 13.1. The second kappa shape index (κ2) is 13.4. The van der Waals surface area contributed by atoms with Crippen LogP contribution >= 0.6 is 23.4 Å². The van der Waals surface area contributed by atoms with Gasteiger partial charge in [0.1, 0.15) is 0 Å². The fourth-order valence-corrected chi connectivity index (χ4v) is 5.06. The zero-order valence-electron chi connectivity index (χ0n) is 21.3. The molecule has 0 N–H and O–H groups in total. The summed E-state index contributed by atoms with van der Waals surface area (Å²) in [6.07, 6.45) is 1.24. The highest BCUT2D eigenvalue weighted by Crippen LogP contribution is 2.32. The topological polar surface area (TPSA) is 54.3 Å². The van der Waals surface area contributed by atoms with Gasteiger partial charge in [-0.1, -0.05) is 84.0 Å². The molecule has 1 aromatic heterocycles. The van der Waals surface area contributed by atoms with E-state index >= 15 is 0 Å². The smallest absolute Gasteiger partial charge is 0.222 e. The van der Waals surface area contributed by atoms with Crippen LogP contribution in [0.15, 0.2) is 90.1 Å². The van der Waals surface area contributed by atoms with E-state index in [2.05, 4.69) is 27.2 Å². The highest BCUT2D eigenvalue weighted by Gasteiger charge is 2.19. The van der Waals surface area contributed by atoms with Crippen molar-refractivity contribution in [3.63, 3.8) is 0 Å². The number of hydrogen-bond acceptors (Lipinski definition) is 5. The van der Waals surface area contributed by atoms with Gasteiger partial charge in [0.15, 0.2) is 11.0 Å². The van der Waals surface area contributed by atoms with Gasteiger partial charge in [-0.25, -0.2) is 0 Å². The minimum Gasteiger partial charge on any atom is -0.337 e. The SMILES string of the molecule is CN(C)CCN(Cc1ccccc1)C(=O)CCCSc1nnc(-c2ccccc2Cl)n1-c1ccccc1. The van der Waals surface area contributed by atoms with Crippen LogP contribution < -0.4 is 0 Å². The number of amides is 1. The predicted molar refractivity (Wildman–Crippen MR) is 152 cm³/mol. The number of para-hydroxylation sites is 1. The molecule has 4 aromatic rings. The van der Waals surface area contributed by atoms with Gasteiger partial charge < -0.3 is 9.80 Å². The average Bonchev–Trinajstić information content (AvgIpc) is 3.33. The number of carbonyl (C=O) groups excluding carboxylic acids is 1. The van der Waals surface area contributed by atoms with Crippen LogP contribution in [0, 0.1) is 0 Å². The molecule has 6 nitrogen and oxygen atoms in total. The third kappa shape index (κ3) is 7.44. The van der Waals surface area contributed by atoms with E-state index in [1.807, 2.05) is 96.4 Å². The Balaban J connectivity index is 1.43. The summed E-state index contributed by atoms with van der Waals surface area (Å²) in [5.41, 5.74) is 2.95. The van der Waals surface area contributed by atoms with Gasteiger partial charge >= 0.3 is 0 Å². The molecule has 8 heteroatoms. The first-order valence-corrected chi connectivity index (χ1v) is 13.7. The second-order valence-electron chi connectivity index (χ2n) is 9.01. The largest absolute Gasteiger partial charge is 0.337 e. The molecule has 0 unspecified atom stereocenters. The molecule has 1 heterocycles. The lowest BCUT2D eigenvalue weighted by Crippen LogP contribution is -2.36. The summed E-state index contributed by atoms with van der Waals surface area (Å²) < 4.78 is 2.03. The molecule has 0 fully saturated rings. The molecule has 0 spiro atoms. The van der Waals surface area contributed by atoms with Crippen molar-refractivity contribution in [1.29, 1.82) is 0 Å². The van der Waals surface area contributed by atoms with Crippen molar-refractivity contribution in [2.45, 2.75) is 24.5 Å². The second-order valence-corrected chi connectivity index (χ2v) is 10.5. The zero-order valence-corrected chi connectivity index (χ0v) is 22.8. The molecule has 0 bridgehead atoms. The molecule has 0 aliphatic heterocycles. The minimum absolute atomic E-state index is 0.174. The first-order valence-electron chi connectivity index (χ1n) is 12.4. The van der Waals surface area contributed by atoms with Crippen molar-refractivity contribution in [2.24, 2.45) is 0 Å². The number of carbonyl (C=O) groups is 1. The van der Waals surface area contributed by atoms with Crippen molar-refractivity contribution in [1.82, 2.24) is 24.6 Å². The fraction of sp³-hybridized carbons (Fsp3) is 0.276. The molecule has 37 heavy (non-hydrogen) atoms. The van der Waals surface area contributed by atoms with Crippen LogP contribution in [-0.4, -0.2) is 63.4 Å². The van der Waals surface area contributed by atoms with Crippen molar-refractivity contribution < 1.29 is 4.79 Å². The van der Waals surface area contributed by atoms with Gasteiger partial charge in [-0.05, 0) is 50.3 Å². The molecular weight excluding hydrogens is 502 g/mol. The van der Waals surface area contributed by atoms with Crippen molar-refractivity contribution >= 4 is 29.3 Å². The first-order chi connectivity index (χ1) is 18.0. The van der Waals surface area contributed by atoms with Crippen LogP contribution in [0.1, 0.15) is 18.4 Å². The van der Waals surface area contributed by atoms with E-state index in [9.17, 15) is 4.79 Å². The van der Waals surface area contributed by atoms with E-state index in [0.717, 1.165) is 40.7 Å². The summed E-state index contributed by atoms with van der Waals surface area (Å²) in [7, 11) is 4.06. The number of halogens is 1. The Hall–Kier alpha value is -3.13. The van der Waals surface area contributed by atoms with Crippen LogP contribution in [-0.2, 0) is 11.3 Å². The molecule has 0 radical (unpaired) electrons. The summed E-state index contributed by atoms with van der Waals surface area (Å²) in [4.78, 5) is 17.2. The first kappa shape index (κ1) is 26.9. The van der Waals surface area contributed by atoms with E-state index in [1.54, 1.807) is 11.8 Å². The van der Waals surface area contributed by atoms with E-state index in [1.165, 1.54) is 0 Å². The molecule has 0 aliphatic carbocycles. The molecule has 0 atom stereocenters. The van der Waals surface area contributed by atoms with Gasteiger partial charge in [-0.2, -0.15) is 0 Å². The summed E-state index contributed by atoms with van der Waals surface area (Å²) in [6.45, 7) is 2.17. The average molecular weight is 534 g/mol. The number of aromatic nitrogens is 3. The number of rotatable bonds is 12. The molecule has 0 saturated carbocycles. The van der Waals surface area contributed by atoms with Crippen LogP contribution in [0.5, 0.6) is 0 Å². The van der Waals surface area contributed by atoms with Gasteiger partial charge in [0.2, 0.25) is 5.91 Å². The summed E-state index contributed by atoms with van der Waals surface area (Å²) in [5.74, 6) is 1.63. The Morgan fingerprint density at radius 2 is 1.57 bits per heavy atom. The van der Waals surface area contributed by atoms with E-state index in [0.29, 0.717) is 30.4 Å². The molecule has 192 valence electrons. The third-order valence-corrected chi connectivity index (χ3v) is 7.26. The van der Waals surface area contributed by atoms with Gasteiger partial charge in [-0.3, -0.25) is 9.36 Å². The Morgan fingerprint density at radius 3 is 2.27 bits per heavy atom. The highest BCUT2D eigenvalue weighted by atomic mass is 35.5. The molecular formula is C29H32ClN5OS. The number of benzene rings is 3. The number of likely N-dealkylation sites (N-methyl/N-ethyl adjacent to an activating group) is 1. The lowest BCUT2D eigenvalue weighted by molar-refractivity contribution is -0.132. The van der Waals surface area contributed by atoms with Crippen LogP contribution in [0.25, 0.3) is 17.1 Å². The minimum atomic E-state index is 0.174. The van der Waals surface area contributed by atoms with E-state index in [-0.39, 0.29) is 5.91 Å². The van der Waals surface area contributed by atoms with Gasteiger partial charge in [0, 0.05) is 43.1 Å². The van der Waals surface area contributed by atoms with Gasteiger partial charge in [-0.15, -0.1) is 10.2 Å². The van der Waals surface area contributed by atoms with Crippen molar-refractivity contribution in [3.05, 3.63) is 95.5 Å². The molecule has 3 aromatic carbocycles. The van der Waals surface area contributed by atoms with Crippen molar-refractivity contribution in [2.75, 3.05) is 32.9 Å². The van der Waals surface area contributed by atoms with E-state index in [4.69, 9.17) is 11.6 Å². The molecule has 0 saturated heterocycles. The number of hydrogen-bond donors (Lipinski definition) is 0. The maximum Gasteiger partial charge on any atom is 0.222 e. The lowest BCUT2D eigenvalue weighted by atomic mass is 10.2. The monoisotopic (exact) mass is 533 g/mol. The molecule has 1 amide bonds. The normalized spacial score (nSPS) is 11.1. The maximum absolute atomic E-state index is 13.1. The highest BCUT2D eigenvalue weighted by molar-refractivity contribution is 7.99. The zero-order chi connectivity index (χ0) is 26.0. The molecule has 0 aliphatic rings. The van der Waals surface area contributed by atoms with Crippen LogP contribution in [0.2, 0.25) is 5.02 Å². The molecule has 4 rings (SSSR count). The lowest BCUT2D eigenvalue weighted by Gasteiger charge is -2.24. The van der Waals surface area contributed by atoms with Gasteiger partial charge in [0.05, 0.1) is 5.02 Å². The summed E-state index contributed by atoms with van der Waals surface area (Å²) in [6, 6.07) is 27.9. The van der Waals surface area contributed by atoms with Crippen molar-refractivity contribution in [3.8, 4) is 17.1 Å². The van der Waals surface area contributed by atoms with E-state index < -0.39 is 0 Å². The van der Waals surface area contributed by atoms with Crippen LogP contribution in [0.3, 0.4) is 0 Å². The predicted octanol–water partition coefficient (Wildman–Crippen LogP) is 6.05. The Kier molecular flexibility index (Phi) is 9.77. The summed E-state index contributed by atoms with van der Waals surface area (Å²) >= 11 is 8.10. The third-order valence-electron chi connectivity index (χ3n) is 5.91. The standard InChI is InChI=1S/C29H32ClN5OS/c1-33(2)19-20-34(22-23-12-5-3-6-13-23)27(36)18-11-21-37-29-32-31-28(25-16-9-10-17-26(25)30)35(29)24-14-7-4-8-15-24/h3-10,12-17H,11,18-22H2,1-2H3. The Bertz CT molecular complexity index is 1280. The fourth-order valence-electron chi connectivity index (χ4n) is 3.95. The quantitative estimate of drug-likeness (QED) is 0.164. The number of thioether (sulfide) groups is 1. The van der Waals surface area contributed by atoms with Crippen LogP contribution in [0.4, 0.5) is 0 Å². The summed E-state index contributed by atoms with van der Waals surface area (Å²) in [5, 5.41) is 10.4.